The summed E-state index contributed by atoms with van der Waals surface area (Å²) in [5.74, 6) is 2.34. The third kappa shape index (κ3) is 3.80. The number of carbonyl (C=O) groups is 2. The fraction of sp³-hybridized carbons (Fsp3) is 0.143. The average Bonchev–Trinajstić information content (AvgIpc) is 2.49. The van der Waals surface area contributed by atoms with E-state index in [1.54, 1.807) is 0 Å². The molecule has 0 heterocycles. The van der Waals surface area contributed by atoms with Gasteiger partial charge in [0.2, 0.25) is 0 Å². The van der Waals surface area contributed by atoms with E-state index < -0.39 is 11.9 Å². The van der Waals surface area contributed by atoms with Crippen LogP contribution in [0.4, 0.5) is 0 Å². The van der Waals surface area contributed by atoms with E-state index >= 15 is 0 Å². The molecule has 114 valence electrons. The fourth-order valence-corrected chi connectivity index (χ4v) is 2.51. The highest BCUT2D eigenvalue weighted by molar-refractivity contribution is 6.52. The number of rotatable bonds is 4. The molecule has 22 heavy (non-hydrogen) atoms. The third-order valence-electron chi connectivity index (χ3n) is 2.24. The molecule has 0 unspecified atom stereocenters. The molecule has 0 aliphatic rings. The first-order chi connectivity index (χ1) is 10.4. The molecule has 0 fully saturated rings. The predicted molar refractivity (Wildman–Crippen MR) is 84.7 cm³/mol. The largest absolute Gasteiger partial charge is 0.449 e. The van der Waals surface area contributed by atoms with Gasteiger partial charge in [0.25, 0.3) is 0 Å². The van der Waals surface area contributed by atoms with Gasteiger partial charge in [0.15, 0.2) is 13.2 Å². The van der Waals surface area contributed by atoms with Gasteiger partial charge < -0.3 is 9.47 Å². The standard InChI is InChI=1S/C14H6Cl4O4/c1-3-5-21-13(19)7-9(15)11(17)8(12(18)10(7)16)14(20)22-6-4-2/h1-2H,5-6H2. The Bertz CT molecular complexity index is 623. The maximum atomic E-state index is 11.9. The quantitative estimate of drug-likeness (QED) is 0.452. The Morgan fingerprint density at radius 3 is 1.27 bits per heavy atom. The maximum Gasteiger partial charge on any atom is 0.342 e. The zero-order chi connectivity index (χ0) is 16.9. The number of carbonyl (C=O) groups excluding carboxylic acids is 2. The van der Waals surface area contributed by atoms with E-state index in [1.807, 2.05) is 0 Å². The van der Waals surface area contributed by atoms with Gasteiger partial charge in [-0.2, -0.15) is 0 Å². The van der Waals surface area contributed by atoms with Gasteiger partial charge in [-0.1, -0.05) is 58.2 Å². The number of benzene rings is 1. The van der Waals surface area contributed by atoms with Crippen molar-refractivity contribution in [3.63, 3.8) is 0 Å². The number of hydrogen-bond acceptors (Lipinski definition) is 4. The molecule has 1 rings (SSSR count). The van der Waals surface area contributed by atoms with Crippen LogP contribution in [0.15, 0.2) is 0 Å². The molecular formula is C14H6Cl4O4. The van der Waals surface area contributed by atoms with Crippen LogP contribution in [0.2, 0.25) is 20.1 Å². The van der Waals surface area contributed by atoms with Crippen LogP contribution in [-0.2, 0) is 9.47 Å². The summed E-state index contributed by atoms with van der Waals surface area (Å²) < 4.78 is 9.42. The molecule has 0 N–H and O–H groups in total. The zero-order valence-electron chi connectivity index (χ0n) is 10.7. The summed E-state index contributed by atoms with van der Waals surface area (Å²) in [5.41, 5.74) is -0.607. The highest BCUT2D eigenvalue weighted by Crippen LogP contribution is 2.41. The van der Waals surface area contributed by atoms with Crippen LogP contribution in [0.5, 0.6) is 0 Å². The van der Waals surface area contributed by atoms with Gasteiger partial charge in [-0.3, -0.25) is 0 Å². The normalized spacial score (nSPS) is 9.55. The summed E-state index contributed by atoms with van der Waals surface area (Å²) in [6.45, 7) is -0.598. The van der Waals surface area contributed by atoms with Crippen LogP contribution in [0.1, 0.15) is 20.7 Å². The Kier molecular flexibility index (Phi) is 6.87. The van der Waals surface area contributed by atoms with Crippen molar-refractivity contribution in [1.82, 2.24) is 0 Å². The minimum Gasteiger partial charge on any atom is -0.449 e. The topological polar surface area (TPSA) is 52.6 Å². The van der Waals surface area contributed by atoms with Crippen molar-refractivity contribution in [2.75, 3.05) is 13.2 Å². The molecule has 0 amide bonds. The van der Waals surface area contributed by atoms with Crippen LogP contribution < -0.4 is 0 Å². The predicted octanol–water partition coefficient (Wildman–Crippen LogP) is 3.88. The first-order valence-corrected chi connectivity index (χ1v) is 6.95. The van der Waals surface area contributed by atoms with Gasteiger partial charge >= 0.3 is 11.9 Å². The first-order valence-electron chi connectivity index (χ1n) is 5.43. The molecule has 0 radical (unpaired) electrons. The summed E-state index contributed by atoms with van der Waals surface area (Å²) in [6, 6.07) is 0. The van der Waals surface area contributed by atoms with E-state index in [-0.39, 0.29) is 44.4 Å². The summed E-state index contributed by atoms with van der Waals surface area (Å²) in [6.07, 6.45) is 9.96. The summed E-state index contributed by atoms with van der Waals surface area (Å²) >= 11 is 23.8. The SMILES string of the molecule is C#CCOC(=O)c1c(Cl)c(Cl)c(C(=O)OCC#C)c(Cl)c1Cl. The van der Waals surface area contributed by atoms with Gasteiger partial charge in [-0.25, -0.2) is 9.59 Å². The van der Waals surface area contributed by atoms with Gasteiger partial charge in [0.05, 0.1) is 31.2 Å². The molecule has 0 spiro atoms. The molecule has 0 aromatic heterocycles. The Balaban J connectivity index is 3.39. The van der Waals surface area contributed by atoms with E-state index in [4.69, 9.17) is 68.7 Å². The van der Waals surface area contributed by atoms with E-state index in [1.165, 1.54) is 0 Å². The molecule has 0 saturated heterocycles. The number of ether oxygens (including phenoxy) is 2. The monoisotopic (exact) mass is 378 g/mol. The maximum absolute atomic E-state index is 11.9. The molecule has 0 bridgehead atoms. The first kappa shape index (κ1) is 18.5. The van der Waals surface area contributed by atoms with Crippen LogP contribution >= 0.6 is 46.4 Å². The lowest BCUT2D eigenvalue weighted by atomic mass is 10.1. The van der Waals surface area contributed by atoms with E-state index in [9.17, 15) is 9.59 Å². The smallest absolute Gasteiger partial charge is 0.342 e. The highest BCUT2D eigenvalue weighted by atomic mass is 35.5. The number of terminal acetylenes is 2. The Labute approximate surface area is 146 Å². The minimum atomic E-state index is -0.930. The van der Waals surface area contributed by atoms with Crippen molar-refractivity contribution in [3.8, 4) is 24.7 Å². The average molecular weight is 380 g/mol. The fourth-order valence-electron chi connectivity index (χ4n) is 1.35. The molecule has 0 aliphatic carbocycles. The Morgan fingerprint density at radius 2 is 1.05 bits per heavy atom. The van der Waals surface area contributed by atoms with Crippen LogP contribution in [-0.4, -0.2) is 25.2 Å². The van der Waals surface area contributed by atoms with E-state index in [0.29, 0.717) is 0 Å². The molecule has 0 saturated carbocycles. The van der Waals surface area contributed by atoms with Crippen molar-refractivity contribution in [2.45, 2.75) is 0 Å². The lowest BCUT2D eigenvalue weighted by Crippen LogP contribution is -2.12. The molecule has 1 aromatic carbocycles. The van der Waals surface area contributed by atoms with Gasteiger partial charge in [-0.15, -0.1) is 12.8 Å². The van der Waals surface area contributed by atoms with E-state index in [0.717, 1.165) is 0 Å². The number of halogens is 4. The van der Waals surface area contributed by atoms with E-state index in [2.05, 4.69) is 11.8 Å². The Morgan fingerprint density at radius 1 is 0.773 bits per heavy atom. The van der Waals surface area contributed by atoms with Gasteiger partial charge in [-0.05, 0) is 0 Å². The number of hydrogen-bond donors (Lipinski definition) is 0. The molecule has 8 heteroatoms. The van der Waals surface area contributed by atoms with Crippen molar-refractivity contribution in [3.05, 3.63) is 31.2 Å². The van der Waals surface area contributed by atoms with Crippen molar-refractivity contribution in [1.29, 1.82) is 0 Å². The zero-order valence-corrected chi connectivity index (χ0v) is 13.7. The minimum absolute atomic E-state index is 0.299. The van der Waals surface area contributed by atoms with Crippen LogP contribution in [0.3, 0.4) is 0 Å². The second kappa shape index (κ2) is 8.17. The highest BCUT2D eigenvalue weighted by Gasteiger charge is 2.29. The molecule has 0 atom stereocenters. The summed E-state index contributed by atoms with van der Waals surface area (Å²) in [4.78, 5) is 23.7. The summed E-state index contributed by atoms with van der Waals surface area (Å²) in [7, 11) is 0. The lowest BCUT2D eigenvalue weighted by molar-refractivity contribution is 0.0543. The Hall–Kier alpha value is -1.56. The molecule has 1 aromatic rings. The van der Waals surface area contributed by atoms with Crippen LogP contribution in [0, 0.1) is 24.7 Å². The summed E-state index contributed by atoms with van der Waals surface area (Å²) in [5, 5.41) is -1.26. The molecular weight excluding hydrogens is 374 g/mol. The van der Waals surface area contributed by atoms with Crippen LogP contribution in [0.25, 0.3) is 0 Å². The second-order valence-corrected chi connectivity index (χ2v) is 5.08. The lowest BCUT2D eigenvalue weighted by Gasteiger charge is -2.13. The number of esters is 2. The van der Waals surface area contributed by atoms with Crippen molar-refractivity contribution >= 4 is 58.3 Å². The van der Waals surface area contributed by atoms with Crippen molar-refractivity contribution in [2.24, 2.45) is 0 Å². The van der Waals surface area contributed by atoms with Crippen molar-refractivity contribution < 1.29 is 19.1 Å². The van der Waals surface area contributed by atoms with Gasteiger partial charge in [0.1, 0.15) is 0 Å². The van der Waals surface area contributed by atoms with Gasteiger partial charge in [0, 0.05) is 0 Å². The molecule has 4 nitrogen and oxygen atoms in total. The third-order valence-corrected chi connectivity index (χ3v) is 3.95. The second-order valence-electron chi connectivity index (χ2n) is 3.57. The molecule has 0 aliphatic heterocycles.